The Bertz CT molecular complexity index is 1210. The summed E-state index contributed by atoms with van der Waals surface area (Å²) in [5, 5.41) is 5.12. The summed E-state index contributed by atoms with van der Waals surface area (Å²) in [5.41, 5.74) is -0.446. The highest BCUT2D eigenvalue weighted by molar-refractivity contribution is 5.95. The molecule has 3 aromatic rings. The average molecular weight is 399 g/mol. The Labute approximate surface area is 163 Å². The SMILES string of the molecule is Cc1ccc(NC(=O)C(C)OC(=O)Cn2[nH]c(=O)c3ccccc3c2=O)cc1F. The Morgan fingerprint density at radius 1 is 1.17 bits per heavy atom. The molecule has 2 N–H and O–H groups in total. The number of hydrogen-bond donors (Lipinski definition) is 2. The number of ether oxygens (including phenoxy) is 1. The van der Waals surface area contributed by atoms with Crippen LogP contribution in [0.5, 0.6) is 0 Å². The van der Waals surface area contributed by atoms with Gasteiger partial charge in [-0.05, 0) is 43.7 Å². The van der Waals surface area contributed by atoms with Crippen LogP contribution in [-0.4, -0.2) is 27.8 Å². The molecule has 0 saturated heterocycles. The number of amides is 1. The van der Waals surface area contributed by atoms with Crippen LogP contribution in [0.15, 0.2) is 52.1 Å². The lowest BCUT2D eigenvalue weighted by Crippen LogP contribution is -2.36. The number of aromatic nitrogens is 2. The minimum Gasteiger partial charge on any atom is -0.451 e. The van der Waals surface area contributed by atoms with E-state index in [0.717, 1.165) is 10.7 Å². The van der Waals surface area contributed by atoms with E-state index in [4.69, 9.17) is 4.74 Å². The van der Waals surface area contributed by atoms with Crippen LogP contribution < -0.4 is 16.4 Å². The fourth-order valence-corrected chi connectivity index (χ4v) is 2.69. The van der Waals surface area contributed by atoms with Gasteiger partial charge in [-0.15, -0.1) is 0 Å². The van der Waals surface area contributed by atoms with E-state index in [1.807, 2.05) is 0 Å². The van der Waals surface area contributed by atoms with Crippen LogP contribution in [0.1, 0.15) is 12.5 Å². The summed E-state index contributed by atoms with van der Waals surface area (Å²) in [6, 6.07) is 10.4. The number of benzene rings is 2. The van der Waals surface area contributed by atoms with Crippen LogP contribution in [0.4, 0.5) is 10.1 Å². The summed E-state index contributed by atoms with van der Waals surface area (Å²) < 4.78 is 19.4. The second kappa shape index (κ2) is 8.09. The van der Waals surface area contributed by atoms with Crippen LogP contribution in [0, 0.1) is 12.7 Å². The maximum atomic E-state index is 13.6. The van der Waals surface area contributed by atoms with Crippen molar-refractivity contribution in [1.82, 2.24) is 9.78 Å². The third kappa shape index (κ3) is 4.40. The molecular weight excluding hydrogens is 381 g/mol. The van der Waals surface area contributed by atoms with E-state index in [1.165, 1.54) is 31.2 Å². The zero-order chi connectivity index (χ0) is 21.1. The molecule has 8 nitrogen and oxygen atoms in total. The van der Waals surface area contributed by atoms with Gasteiger partial charge in [0.1, 0.15) is 12.4 Å². The first-order chi connectivity index (χ1) is 13.8. The van der Waals surface area contributed by atoms with Gasteiger partial charge in [0.2, 0.25) is 0 Å². The van der Waals surface area contributed by atoms with Crippen LogP contribution >= 0.6 is 0 Å². The summed E-state index contributed by atoms with van der Waals surface area (Å²) in [4.78, 5) is 48.8. The molecule has 2 aromatic carbocycles. The number of nitrogens with one attached hydrogen (secondary N) is 2. The Morgan fingerprint density at radius 3 is 2.55 bits per heavy atom. The molecule has 1 amide bonds. The van der Waals surface area contributed by atoms with Gasteiger partial charge in [0.25, 0.3) is 17.0 Å². The highest BCUT2D eigenvalue weighted by Gasteiger charge is 2.19. The fraction of sp³-hybridized carbons (Fsp3) is 0.200. The number of nitrogens with zero attached hydrogens (tertiary/aromatic N) is 1. The molecule has 3 rings (SSSR count). The van der Waals surface area contributed by atoms with Gasteiger partial charge in [0.15, 0.2) is 6.10 Å². The first-order valence-corrected chi connectivity index (χ1v) is 8.74. The first kappa shape index (κ1) is 20.0. The van der Waals surface area contributed by atoms with Crippen molar-refractivity contribution in [3.05, 3.63) is 74.6 Å². The van der Waals surface area contributed by atoms with Gasteiger partial charge in [0, 0.05) is 5.69 Å². The molecule has 0 fully saturated rings. The molecule has 1 unspecified atom stereocenters. The number of fused-ring (bicyclic) bond motifs is 1. The summed E-state index contributed by atoms with van der Waals surface area (Å²) >= 11 is 0. The molecule has 1 atom stereocenters. The normalized spacial score (nSPS) is 11.8. The number of anilines is 1. The van der Waals surface area contributed by atoms with Crippen molar-refractivity contribution in [2.24, 2.45) is 0 Å². The quantitative estimate of drug-likeness (QED) is 0.635. The Kier molecular flexibility index (Phi) is 5.58. The van der Waals surface area contributed by atoms with Crippen molar-refractivity contribution < 1.29 is 18.7 Å². The van der Waals surface area contributed by atoms with E-state index in [1.54, 1.807) is 19.1 Å². The Balaban J connectivity index is 1.68. The molecule has 0 aliphatic heterocycles. The van der Waals surface area contributed by atoms with E-state index < -0.39 is 41.5 Å². The van der Waals surface area contributed by atoms with Gasteiger partial charge < -0.3 is 10.1 Å². The molecule has 9 heteroatoms. The van der Waals surface area contributed by atoms with Gasteiger partial charge in [0.05, 0.1) is 10.8 Å². The van der Waals surface area contributed by atoms with Crippen molar-refractivity contribution in [2.75, 3.05) is 5.32 Å². The van der Waals surface area contributed by atoms with Gasteiger partial charge in [-0.25, -0.2) is 9.07 Å². The maximum Gasteiger partial charge on any atom is 0.328 e. The molecule has 1 aromatic heterocycles. The molecule has 0 saturated carbocycles. The Morgan fingerprint density at radius 2 is 1.86 bits per heavy atom. The zero-order valence-electron chi connectivity index (χ0n) is 15.7. The first-order valence-electron chi connectivity index (χ1n) is 8.74. The minimum absolute atomic E-state index is 0.163. The largest absolute Gasteiger partial charge is 0.451 e. The van der Waals surface area contributed by atoms with E-state index in [9.17, 15) is 23.6 Å². The van der Waals surface area contributed by atoms with Gasteiger partial charge in [-0.1, -0.05) is 18.2 Å². The van der Waals surface area contributed by atoms with Crippen LogP contribution in [-0.2, 0) is 20.9 Å². The molecule has 150 valence electrons. The molecule has 1 heterocycles. The highest BCUT2D eigenvalue weighted by Crippen LogP contribution is 2.14. The van der Waals surface area contributed by atoms with Crippen LogP contribution in [0.3, 0.4) is 0 Å². The summed E-state index contributed by atoms with van der Waals surface area (Å²) in [7, 11) is 0. The molecule has 0 bridgehead atoms. The summed E-state index contributed by atoms with van der Waals surface area (Å²) in [6.45, 7) is 2.35. The molecule has 0 spiro atoms. The summed E-state index contributed by atoms with van der Waals surface area (Å²) in [6.07, 6.45) is -1.20. The molecule has 0 aliphatic carbocycles. The molecule has 0 radical (unpaired) electrons. The van der Waals surface area contributed by atoms with Crippen LogP contribution in [0.25, 0.3) is 10.8 Å². The zero-order valence-corrected chi connectivity index (χ0v) is 15.7. The van der Waals surface area contributed by atoms with E-state index in [-0.39, 0.29) is 16.5 Å². The molecule has 29 heavy (non-hydrogen) atoms. The predicted octanol–water partition coefficient (Wildman–Crippen LogP) is 1.71. The second-order valence-electron chi connectivity index (χ2n) is 6.46. The van der Waals surface area contributed by atoms with E-state index in [0.29, 0.717) is 5.56 Å². The number of aryl methyl sites for hydroxylation is 1. The monoisotopic (exact) mass is 399 g/mol. The number of aromatic amines is 1. The van der Waals surface area contributed by atoms with Gasteiger partial charge in [-0.2, -0.15) is 0 Å². The third-order valence-corrected chi connectivity index (χ3v) is 4.29. The van der Waals surface area contributed by atoms with Gasteiger partial charge in [-0.3, -0.25) is 24.3 Å². The summed E-state index contributed by atoms with van der Waals surface area (Å²) in [5.74, 6) is -2.04. The van der Waals surface area contributed by atoms with Crippen molar-refractivity contribution in [3.63, 3.8) is 0 Å². The number of carbonyl (C=O) groups is 2. The van der Waals surface area contributed by atoms with E-state index >= 15 is 0 Å². The van der Waals surface area contributed by atoms with Crippen molar-refractivity contribution in [1.29, 1.82) is 0 Å². The smallest absolute Gasteiger partial charge is 0.328 e. The topological polar surface area (TPSA) is 110 Å². The second-order valence-corrected chi connectivity index (χ2v) is 6.46. The number of H-pyrrole nitrogens is 1. The lowest BCUT2D eigenvalue weighted by molar-refractivity contribution is -0.154. The van der Waals surface area contributed by atoms with Gasteiger partial charge >= 0.3 is 5.97 Å². The number of esters is 1. The third-order valence-electron chi connectivity index (χ3n) is 4.29. The van der Waals surface area contributed by atoms with Crippen molar-refractivity contribution in [3.8, 4) is 0 Å². The lowest BCUT2D eigenvalue weighted by Gasteiger charge is -2.14. The lowest BCUT2D eigenvalue weighted by atomic mass is 10.2. The van der Waals surface area contributed by atoms with Crippen molar-refractivity contribution >= 4 is 28.3 Å². The fourth-order valence-electron chi connectivity index (χ4n) is 2.69. The number of rotatable bonds is 5. The van der Waals surface area contributed by atoms with Crippen molar-refractivity contribution in [2.45, 2.75) is 26.5 Å². The van der Waals surface area contributed by atoms with E-state index in [2.05, 4.69) is 10.4 Å². The van der Waals surface area contributed by atoms with Crippen LogP contribution in [0.2, 0.25) is 0 Å². The number of halogens is 1. The highest BCUT2D eigenvalue weighted by atomic mass is 19.1. The molecule has 0 aliphatic rings. The number of carbonyl (C=O) groups excluding carboxylic acids is 2. The molecular formula is C20H18FN3O5. The average Bonchev–Trinajstić information content (AvgIpc) is 2.68. The minimum atomic E-state index is -1.20. The Hall–Kier alpha value is -3.75. The standard InChI is InChI=1S/C20H18FN3O5/c1-11-7-8-13(9-16(11)21)22-18(26)12(2)29-17(25)10-24-20(28)15-6-4-3-5-14(15)19(27)23-24/h3-9,12H,10H2,1-2H3,(H,22,26)(H,23,27). The predicted molar refractivity (Wildman–Crippen MR) is 104 cm³/mol. The maximum absolute atomic E-state index is 13.6. The number of hydrogen-bond acceptors (Lipinski definition) is 5.